The number of hydrogen-bond acceptors (Lipinski definition) is 1. The summed E-state index contributed by atoms with van der Waals surface area (Å²) in [4.78, 5) is 15.5. The van der Waals surface area contributed by atoms with E-state index in [1.807, 2.05) is 25.1 Å². The number of carbonyl (C=O) groups is 1. The standard InChI is InChI=1S/C17H13ClFNO/c1-10-5-6-11-13(9-20-16(11)7-10)17(21)8-12-14(18)3-2-4-15(12)19/h2-7,9,20H,8H2,1H3. The lowest BCUT2D eigenvalue weighted by molar-refractivity contribution is 0.0993. The van der Waals surface area contributed by atoms with Crippen molar-refractivity contribution in [1.82, 2.24) is 4.98 Å². The van der Waals surface area contributed by atoms with E-state index in [0.717, 1.165) is 16.5 Å². The molecule has 4 heteroatoms. The zero-order chi connectivity index (χ0) is 15.0. The average molecular weight is 302 g/mol. The molecule has 0 aliphatic heterocycles. The Balaban J connectivity index is 1.98. The van der Waals surface area contributed by atoms with Crippen LogP contribution in [0.15, 0.2) is 42.6 Å². The predicted molar refractivity (Wildman–Crippen MR) is 82.5 cm³/mol. The quantitative estimate of drug-likeness (QED) is 0.699. The Labute approximate surface area is 126 Å². The van der Waals surface area contributed by atoms with Crippen LogP contribution in [0, 0.1) is 12.7 Å². The second kappa shape index (κ2) is 5.34. The second-order valence-electron chi connectivity index (χ2n) is 5.05. The van der Waals surface area contributed by atoms with Gasteiger partial charge in [-0.3, -0.25) is 4.79 Å². The summed E-state index contributed by atoms with van der Waals surface area (Å²) < 4.78 is 13.8. The highest BCUT2D eigenvalue weighted by Crippen LogP contribution is 2.24. The van der Waals surface area contributed by atoms with E-state index in [4.69, 9.17) is 11.6 Å². The van der Waals surface area contributed by atoms with E-state index in [9.17, 15) is 9.18 Å². The van der Waals surface area contributed by atoms with E-state index < -0.39 is 5.82 Å². The van der Waals surface area contributed by atoms with Gasteiger partial charge in [0.15, 0.2) is 5.78 Å². The van der Waals surface area contributed by atoms with E-state index in [-0.39, 0.29) is 22.8 Å². The average Bonchev–Trinajstić information content (AvgIpc) is 2.85. The summed E-state index contributed by atoms with van der Waals surface area (Å²) in [5.74, 6) is -0.608. The van der Waals surface area contributed by atoms with Crippen LogP contribution in [-0.4, -0.2) is 10.8 Å². The van der Waals surface area contributed by atoms with Crippen LogP contribution in [0.1, 0.15) is 21.5 Å². The van der Waals surface area contributed by atoms with Crippen molar-refractivity contribution < 1.29 is 9.18 Å². The number of Topliss-reactive ketones (excluding diaryl/α,β-unsaturated/α-hetero) is 1. The number of halogens is 2. The van der Waals surface area contributed by atoms with Gasteiger partial charge in [0, 0.05) is 39.7 Å². The first-order valence-corrected chi connectivity index (χ1v) is 6.98. The van der Waals surface area contributed by atoms with Gasteiger partial charge in [0.05, 0.1) is 0 Å². The fourth-order valence-corrected chi connectivity index (χ4v) is 2.66. The molecule has 3 aromatic rings. The number of ketones is 1. The van der Waals surface area contributed by atoms with E-state index in [1.165, 1.54) is 12.1 Å². The number of aromatic nitrogens is 1. The van der Waals surface area contributed by atoms with Gasteiger partial charge in [0.25, 0.3) is 0 Å². The first-order valence-electron chi connectivity index (χ1n) is 6.60. The summed E-state index contributed by atoms with van der Waals surface area (Å²) in [5, 5.41) is 1.12. The molecule has 2 nitrogen and oxygen atoms in total. The van der Waals surface area contributed by atoms with Gasteiger partial charge in [-0.05, 0) is 30.7 Å². The molecule has 0 spiro atoms. The molecule has 2 aromatic carbocycles. The van der Waals surface area contributed by atoms with Gasteiger partial charge in [0.1, 0.15) is 5.82 Å². The van der Waals surface area contributed by atoms with Crippen molar-refractivity contribution in [2.24, 2.45) is 0 Å². The lowest BCUT2D eigenvalue weighted by Gasteiger charge is -2.05. The fraction of sp³-hybridized carbons (Fsp3) is 0.118. The molecule has 0 saturated carbocycles. The van der Waals surface area contributed by atoms with Crippen molar-refractivity contribution in [3.05, 3.63) is 70.1 Å². The number of carbonyl (C=O) groups excluding carboxylic acids is 1. The normalized spacial score (nSPS) is 11.0. The van der Waals surface area contributed by atoms with Gasteiger partial charge in [-0.25, -0.2) is 4.39 Å². The van der Waals surface area contributed by atoms with Crippen LogP contribution in [0.5, 0.6) is 0 Å². The number of aromatic amines is 1. The van der Waals surface area contributed by atoms with Crippen molar-refractivity contribution >= 4 is 28.3 Å². The van der Waals surface area contributed by atoms with E-state index in [1.54, 1.807) is 12.3 Å². The van der Waals surface area contributed by atoms with Crippen LogP contribution in [0.2, 0.25) is 5.02 Å². The maximum atomic E-state index is 13.8. The SMILES string of the molecule is Cc1ccc2c(C(=O)Cc3c(F)cccc3Cl)c[nH]c2c1. The number of aryl methyl sites for hydroxylation is 1. The molecule has 106 valence electrons. The van der Waals surface area contributed by atoms with Crippen molar-refractivity contribution in [2.75, 3.05) is 0 Å². The molecule has 0 saturated heterocycles. The molecule has 0 radical (unpaired) electrons. The summed E-state index contributed by atoms with van der Waals surface area (Å²) in [6.45, 7) is 1.99. The highest BCUT2D eigenvalue weighted by atomic mass is 35.5. The molecule has 0 bridgehead atoms. The smallest absolute Gasteiger partial charge is 0.169 e. The number of hydrogen-bond donors (Lipinski definition) is 1. The van der Waals surface area contributed by atoms with E-state index in [0.29, 0.717) is 5.56 Å². The molecule has 0 fully saturated rings. The lowest BCUT2D eigenvalue weighted by Crippen LogP contribution is -2.05. The van der Waals surface area contributed by atoms with Crippen molar-refractivity contribution in [3.63, 3.8) is 0 Å². The van der Waals surface area contributed by atoms with Gasteiger partial charge >= 0.3 is 0 Å². The van der Waals surface area contributed by atoms with Gasteiger partial charge in [-0.1, -0.05) is 29.8 Å². The minimum absolute atomic E-state index is 0.0493. The molecule has 0 unspecified atom stereocenters. The van der Waals surface area contributed by atoms with Crippen LogP contribution in [0.25, 0.3) is 10.9 Å². The molecule has 1 N–H and O–H groups in total. The summed E-state index contributed by atoms with van der Waals surface area (Å²) in [7, 11) is 0. The lowest BCUT2D eigenvalue weighted by atomic mass is 10.0. The van der Waals surface area contributed by atoms with Crippen molar-refractivity contribution in [1.29, 1.82) is 0 Å². The van der Waals surface area contributed by atoms with E-state index in [2.05, 4.69) is 4.98 Å². The minimum Gasteiger partial charge on any atom is -0.360 e. The highest BCUT2D eigenvalue weighted by molar-refractivity contribution is 6.31. The number of fused-ring (bicyclic) bond motifs is 1. The zero-order valence-corrected chi connectivity index (χ0v) is 12.2. The van der Waals surface area contributed by atoms with Crippen molar-refractivity contribution in [2.45, 2.75) is 13.3 Å². The zero-order valence-electron chi connectivity index (χ0n) is 11.4. The summed E-state index contributed by atoms with van der Waals surface area (Å²) in [6, 6.07) is 10.3. The Hall–Kier alpha value is -2.13. The molecule has 0 amide bonds. The Morgan fingerprint density at radius 1 is 1.29 bits per heavy atom. The largest absolute Gasteiger partial charge is 0.360 e. The van der Waals surface area contributed by atoms with Crippen LogP contribution in [0.3, 0.4) is 0 Å². The topological polar surface area (TPSA) is 32.9 Å². The maximum absolute atomic E-state index is 13.8. The number of H-pyrrole nitrogens is 1. The summed E-state index contributed by atoms with van der Waals surface area (Å²) in [6.07, 6.45) is 1.62. The fourth-order valence-electron chi connectivity index (χ4n) is 2.43. The van der Waals surface area contributed by atoms with Gasteiger partial charge < -0.3 is 4.98 Å². The first-order chi connectivity index (χ1) is 10.1. The van der Waals surface area contributed by atoms with E-state index >= 15 is 0 Å². The highest BCUT2D eigenvalue weighted by Gasteiger charge is 2.16. The van der Waals surface area contributed by atoms with Gasteiger partial charge in [0.2, 0.25) is 0 Å². The van der Waals surface area contributed by atoms with Crippen LogP contribution < -0.4 is 0 Å². The minimum atomic E-state index is -0.452. The summed E-state index contributed by atoms with van der Waals surface area (Å²) >= 11 is 5.97. The monoisotopic (exact) mass is 301 g/mol. The first kappa shape index (κ1) is 13.8. The molecule has 0 aliphatic rings. The third-order valence-corrected chi connectivity index (χ3v) is 3.89. The molecule has 1 heterocycles. The molecular formula is C17H13ClFNO. The van der Waals surface area contributed by atoms with Crippen LogP contribution in [-0.2, 0) is 6.42 Å². The molecule has 0 aliphatic carbocycles. The molecule has 21 heavy (non-hydrogen) atoms. The van der Waals surface area contributed by atoms with Crippen LogP contribution >= 0.6 is 11.6 Å². The molecule has 3 rings (SSSR count). The third-order valence-electron chi connectivity index (χ3n) is 3.54. The Kier molecular flexibility index (Phi) is 3.52. The predicted octanol–water partition coefficient (Wildman–Crippen LogP) is 4.69. The molecular weight excluding hydrogens is 289 g/mol. The Morgan fingerprint density at radius 2 is 2.10 bits per heavy atom. The van der Waals surface area contributed by atoms with Crippen LogP contribution in [0.4, 0.5) is 4.39 Å². The Morgan fingerprint density at radius 3 is 2.86 bits per heavy atom. The molecule has 0 atom stereocenters. The number of rotatable bonds is 3. The van der Waals surface area contributed by atoms with Gasteiger partial charge in [-0.15, -0.1) is 0 Å². The van der Waals surface area contributed by atoms with Gasteiger partial charge in [-0.2, -0.15) is 0 Å². The second-order valence-corrected chi connectivity index (χ2v) is 5.46. The third kappa shape index (κ3) is 2.57. The number of nitrogens with one attached hydrogen (secondary N) is 1. The summed E-state index contributed by atoms with van der Waals surface area (Å²) in [5.41, 5.74) is 2.81. The van der Waals surface area contributed by atoms with Crippen molar-refractivity contribution in [3.8, 4) is 0 Å². The Bertz CT molecular complexity index is 818. The molecule has 1 aromatic heterocycles. The number of benzene rings is 2. The maximum Gasteiger partial charge on any atom is 0.169 e.